The van der Waals surface area contributed by atoms with Crippen molar-refractivity contribution in [2.75, 3.05) is 17.1 Å². The van der Waals surface area contributed by atoms with E-state index < -0.39 is 28.5 Å². The number of halogens is 2. The smallest absolute Gasteiger partial charge is 0.244 e. The van der Waals surface area contributed by atoms with E-state index in [1.54, 1.807) is 42.5 Å². The van der Waals surface area contributed by atoms with Crippen LogP contribution >= 0.6 is 23.2 Å². The maximum absolute atomic E-state index is 14.0. The predicted octanol–water partition coefficient (Wildman–Crippen LogP) is 5.23. The summed E-state index contributed by atoms with van der Waals surface area (Å²) in [6.07, 6.45) is 1.27. The average molecular weight is 591 g/mol. The summed E-state index contributed by atoms with van der Waals surface area (Å²) in [4.78, 5) is 28.9. The van der Waals surface area contributed by atoms with Gasteiger partial charge in [0.05, 0.1) is 11.9 Å². The van der Waals surface area contributed by atoms with Crippen molar-refractivity contribution in [3.63, 3.8) is 0 Å². The van der Waals surface area contributed by atoms with Gasteiger partial charge in [-0.25, -0.2) is 8.42 Å². The highest BCUT2D eigenvalue weighted by atomic mass is 35.5. The monoisotopic (exact) mass is 589 g/mol. The number of aryl methyl sites for hydroxylation is 1. The highest BCUT2D eigenvalue weighted by Crippen LogP contribution is 2.25. The predicted molar refractivity (Wildman–Crippen MR) is 158 cm³/mol. The number of nitrogens with zero attached hydrogens (tertiary/aromatic N) is 2. The summed E-state index contributed by atoms with van der Waals surface area (Å²) in [5, 5.41) is 3.68. The van der Waals surface area contributed by atoms with Crippen molar-refractivity contribution in [1.29, 1.82) is 0 Å². The lowest BCUT2D eigenvalue weighted by molar-refractivity contribution is -0.140. The maximum Gasteiger partial charge on any atom is 0.244 e. The number of rotatable bonds is 11. The molecule has 0 aliphatic heterocycles. The summed E-state index contributed by atoms with van der Waals surface area (Å²) < 4.78 is 26.7. The van der Waals surface area contributed by atoms with E-state index in [1.165, 1.54) is 4.90 Å². The summed E-state index contributed by atoms with van der Waals surface area (Å²) in [6.45, 7) is 5.04. The molecule has 0 bridgehead atoms. The van der Waals surface area contributed by atoms with Gasteiger partial charge in [-0.05, 0) is 56.2 Å². The zero-order valence-electron chi connectivity index (χ0n) is 22.4. The standard InChI is InChI=1S/C29H33Cl2N3O4S/c1-20(2)32-29(36)27(16-22-8-6-5-7-9-22)33(18-23-12-13-24(30)17-26(23)31)28(35)19-34(39(4,37)38)25-14-10-21(3)11-15-25/h5-15,17,20,27H,16,18-19H2,1-4H3,(H,32,36)/t27-/m1/s1. The summed E-state index contributed by atoms with van der Waals surface area (Å²) in [5.41, 5.74) is 2.73. The Hall–Kier alpha value is -3.07. The number of sulfonamides is 1. The number of carbonyl (C=O) groups excluding carboxylic acids is 2. The van der Waals surface area contributed by atoms with Crippen molar-refractivity contribution in [3.05, 3.63) is 99.5 Å². The van der Waals surface area contributed by atoms with Gasteiger partial charge >= 0.3 is 0 Å². The number of benzene rings is 3. The third-order valence-electron chi connectivity index (χ3n) is 6.06. The Kier molecular flexibility index (Phi) is 10.4. The Bertz CT molecular complexity index is 1400. The van der Waals surface area contributed by atoms with Crippen LogP contribution in [0.1, 0.15) is 30.5 Å². The van der Waals surface area contributed by atoms with Gasteiger partial charge in [-0.2, -0.15) is 0 Å². The molecule has 0 aliphatic rings. The van der Waals surface area contributed by atoms with E-state index in [1.807, 2.05) is 51.1 Å². The zero-order chi connectivity index (χ0) is 28.7. The fourth-order valence-corrected chi connectivity index (χ4v) is 5.41. The van der Waals surface area contributed by atoms with E-state index in [-0.39, 0.29) is 24.9 Å². The lowest BCUT2D eigenvalue weighted by Gasteiger charge is -2.34. The van der Waals surface area contributed by atoms with Crippen LogP contribution in [0.25, 0.3) is 0 Å². The fourth-order valence-electron chi connectivity index (χ4n) is 4.09. The van der Waals surface area contributed by atoms with Crippen molar-refractivity contribution in [3.8, 4) is 0 Å². The van der Waals surface area contributed by atoms with Crippen LogP contribution in [0.5, 0.6) is 0 Å². The molecule has 0 saturated heterocycles. The molecule has 0 fully saturated rings. The second-order valence-electron chi connectivity index (χ2n) is 9.73. The van der Waals surface area contributed by atoms with E-state index in [0.717, 1.165) is 21.7 Å². The van der Waals surface area contributed by atoms with Crippen molar-refractivity contribution < 1.29 is 18.0 Å². The first-order chi connectivity index (χ1) is 18.3. The van der Waals surface area contributed by atoms with Crippen molar-refractivity contribution in [2.45, 2.75) is 45.8 Å². The molecule has 0 spiro atoms. The highest BCUT2D eigenvalue weighted by Gasteiger charge is 2.33. The van der Waals surface area contributed by atoms with Crippen LogP contribution < -0.4 is 9.62 Å². The van der Waals surface area contributed by atoms with Gasteiger partial charge in [-0.3, -0.25) is 13.9 Å². The third-order valence-corrected chi connectivity index (χ3v) is 7.79. The number of carbonyl (C=O) groups is 2. The van der Waals surface area contributed by atoms with Crippen LogP contribution in [0.2, 0.25) is 10.0 Å². The molecule has 3 aromatic rings. The van der Waals surface area contributed by atoms with Crippen molar-refractivity contribution in [2.24, 2.45) is 0 Å². The molecule has 3 aromatic carbocycles. The Labute approximate surface area is 240 Å². The first kappa shape index (κ1) is 30.5. The van der Waals surface area contributed by atoms with E-state index >= 15 is 0 Å². The molecule has 0 heterocycles. The number of nitrogens with one attached hydrogen (secondary N) is 1. The Morgan fingerprint density at radius 3 is 2.15 bits per heavy atom. The number of hydrogen-bond donors (Lipinski definition) is 1. The van der Waals surface area contributed by atoms with Crippen LogP contribution in [0, 0.1) is 6.92 Å². The molecule has 0 aromatic heterocycles. The van der Waals surface area contributed by atoms with Gasteiger partial charge in [0.25, 0.3) is 0 Å². The molecule has 0 unspecified atom stereocenters. The minimum atomic E-state index is -3.83. The summed E-state index contributed by atoms with van der Waals surface area (Å²) >= 11 is 12.6. The van der Waals surface area contributed by atoms with Gasteiger partial charge in [0.15, 0.2) is 0 Å². The van der Waals surface area contributed by atoms with Gasteiger partial charge < -0.3 is 10.2 Å². The molecular formula is C29H33Cl2N3O4S. The highest BCUT2D eigenvalue weighted by molar-refractivity contribution is 7.92. The Morgan fingerprint density at radius 1 is 0.949 bits per heavy atom. The number of anilines is 1. The molecule has 7 nitrogen and oxygen atoms in total. The molecule has 0 saturated carbocycles. The molecular weight excluding hydrogens is 557 g/mol. The third kappa shape index (κ3) is 8.71. The Morgan fingerprint density at radius 2 is 1.59 bits per heavy atom. The molecule has 10 heteroatoms. The second kappa shape index (κ2) is 13.3. The minimum Gasteiger partial charge on any atom is -0.352 e. The van der Waals surface area contributed by atoms with Gasteiger partial charge in [-0.1, -0.05) is 77.3 Å². The number of amides is 2. The normalized spacial score (nSPS) is 12.2. The van der Waals surface area contributed by atoms with Crippen LogP contribution in [-0.2, 0) is 32.6 Å². The van der Waals surface area contributed by atoms with Crippen LogP contribution in [0.3, 0.4) is 0 Å². The zero-order valence-corrected chi connectivity index (χ0v) is 24.7. The summed E-state index contributed by atoms with van der Waals surface area (Å²) in [7, 11) is -3.83. The molecule has 0 aliphatic carbocycles. The van der Waals surface area contributed by atoms with Gasteiger partial charge in [-0.15, -0.1) is 0 Å². The molecule has 1 atom stereocenters. The van der Waals surface area contributed by atoms with E-state index in [0.29, 0.717) is 21.3 Å². The van der Waals surface area contributed by atoms with Gasteiger partial charge in [0, 0.05) is 29.1 Å². The molecule has 208 valence electrons. The Balaban J connectivity index is 2.07. The van der Waals surface area contributed by atoms with Crippen LogP contribution in [0.4, 0.5) is 5.69 Å². The molecule has 2 amide bonds. The minimum absolute atomic E-state index is 0.0245. The van der Waals surface area contributed by atoms with E-state index in [4.69, 9.17) is 23.2 Å². The van der Waals surface area contributed by atoms with Crippen molar-refractivity contribution >= 4 is 50.7 Å². The topological polar surface area (TPSA) is 86.8 Å². The molecule has 39 heavy (non-hydrogen) atoms. The molecule has 1 N–H and O–H groups in total. The lowest BCUT2D eigenvalue weighted by Crippen LogP contribution is -2.54. The van der Waals surface area contributed by atoms with Crippen LogP contribution in [-0.4, -0.2) is 50.0 Å². The molecule has 0 radical (unpaired) electrons. The second-order valence-corrected chi connectivity index (χ2v) is 12.5. The van der Waals surface area contributed by atoms with E-state index in [2.05, 4.69) is 5.32 Å². The molecule has 3 rings (SSSR count). The van der Waals surface area contributed by atoms with Crippen LogP contribution in [0.15, 0.2) is 72.8 Å². The van der Waals surface area contributed by atoms with Gasteiger partial charge in [0.2, 0.25) is 21.8 Å². The largest absolute Gasteiger partial charge is 0.352 e. The quantitative estimate of drug-likeness (QED) is 0.331. The SMILES string of the molecule is Cc1ccc(N(CC(=O)N(Cc2ccc(Cl)cc2Cl)[C@H](Cc2ccccc2)C(=O)NC(C)C)S(C)(=O)=O)cc1. The summed E-state index contributed by atoms with van der Waals surface area (Å²) in [5.74, 6) is -0.902. The fraction of sp³-hybridized carbons (Fsp3) is 0.310. The maximum atomic E-state index is 14.0. The van der Waals surface area contributed by atoms with Crippen molar-refractivity contribution in [1.82, 2.24) is 10.2 Å². The summed E-state index contributed by atoms with van der Waals surface area (Å²) in [6, 6.07) is 20.0. The number of hydrogen-bond acceptors (Lipinski definition) is 4. The lowest BCUT2D eigenvalue weighted by atomic mass is 10.0. The first-order valence-corrected chi connectivity index (χ1v) is 15.1. The first-order valence-electron chi connectivity index (χ1n) is 12.5. The van der Waals surface area contributed by atoms with Gasteiger partial charge in [0.1, 0.15) is 12.6 Å². The average Bonchev–Trinajstić information content (AvgIpc) is 2.86. The van der Waals surface area contributed by atoms with E-state index in [9.17, 15) is 18.0 Å².